The second-order valence-electron chi connectivity index (χ2n) is 5.62. The van der Waals surface area contributed by atoms with Crippen molar-refractivity contribution < 1.29 is 5.11 Å². The number of aromatic hydroxyl groups is 1. The van der Waals surface area contributed by atoms with Crippen molar-refractivity contribution in [3.63, 3.8) is 0 Å². The maximum absolute atomic E-state index is 9.78. The Hall–Kier alpha value is -3.08. The van der Waals surface area contributed by atoms with Gasteiger partial charge >= 0.3 is 0 Å². The molecular weight excluding hydrogens is 288 g/mol. The molecule has 0 radical (unpaired) electrons. The van der Waals surface area contributed by atoms with Crippen LogP contribution in [0.25, 0.3) is 21.9 Å². The van der Waals surface area contributed by atoms with E-state index in [1.54, 1.807) is 12.1 Å². The molecule has 0 bridgehead atoms. The van der Waals surface area contributed by atoms with Crippen molar-refractivity contribution in [1.82, 2.24) is 14.5 Å². The third-order valence-electron chi connectivity index (χ3n) is 3.95. The third-order valence-corrected chi connectivity index (χ3v) is 3.95. The number of rotatable bonds is 2. The molecule has 2 N–H and O–H groups in total. The van der Waals surface area contributed by atoms with Crippen LogP contribution in [-0.2, 0) is 7.05 Å². The Kier molecular flexibility index (Phi) is 2.94. The number of hydrogen-bond acceptors (Lipinski definition) is 4. The first-order valence-corrected chi connectivity index (χ1v) is 7.41. The van der Waals surface area contributed by atoms with Gasteiger partial charge in [0.1, 0.15) is 5.75 Å². The van der Waals surface area contributed by atoms with Crippen LogP contribution in [0.5, 0.6) is 5.75 Å². The predicted octanol–water partition coefficient (Wildman–Crippen LogP) is 3.88. The standard InChI is InChI=1S/C18H16N4O/c1-11-9-16(13-10-12(23)7-8-14(13)19-11)21-18-20-15-5-3-4-6-17(15)22(18)2/h3-10,23H,1-2H3,(H,19,20,21). The molecule has 23 heavy (non-hydrogen) atoms. The highest BCUT2D eigenvalue weighted by Gasteiger charge is 2.10. The average molecular weight is 304 g/mol. The van der Waals surface area contributed by atoms with Crippen molar-refractivity contribution in [2.75, 3.05) is 5.32 Å². The predicted molar refractivity (Wildman–Crippen MR) is 92.1 cm³/mol. The van der Waals surface area contributed by atoms with Crippen LogP contribution >= 0.6 is 0 Å². The Morgan fingerprint density at radius 3 is 2.65 bits per heavy atom. The molecule has 0 aliphatic rings. The zero-order chi connectivity index (χ0) is 16.0. The minimum Gasteiger partial charge on any atom is -0.508 e. The number of fused-ring (bicyclic) bond motifs is 2. The zero-order valence-corrected chi connectivity index (χ0v) is 12.9. The van der Waals surface area contributed by atoms with Crippen LogP contribution in [0.15, 0.2) is 48.5 Å². The first-order chi connectivity index (χ1) is 11.1. The normalized spacial score (nSPS) is 11.2. The molecule has 2 heterocycles. The van der Waals surface area contributed by atoms with Crippen LogP contribution in [0.1, 0.15) is 5.69 Å². The first-order valence-electron chi connectivity index (χ1n) is 7.41. The second kappa shape index (κ2) is 4.98. The lowest BCUT2D eigenvalue weighted by Gasteiger charge is -2.11. The van der Waals surface area contributed by atoms with Gasteiger partial charge in [0.25, 0.3) is 0 Å². The number of nitrogens with zero attached hydrogens (tertiary/aromatic N) is 3. The van der Waals surface area contributed by atoms with E-state index in [4.69, 9.17) is 0 Å². The number of imidazole rings is 1. The zero-order valence-electron chi connectivity index (χ0n) is 12.9. The topological polar surface area (TPSA) is 63.0 Å². The maximum atomic E-state index is 9.78. The lowest BCUT2D eigenvalue weighted by molar-refractivity contribution is 0.476. The molecule has 0 unspecified atom stereocenters. The van der Waals surface area contributed by atoms with Gasteiger partial charge < -0.3 is 15.0 Å². The summed E-state index contributed by atoms with van der Waals surface area (Å²) in [7, 11) is 1.98. The molecule has 0 saturated heterocycles. The summed E-state index contributed by atoms with van der Waals surface area (Å²) in [6.07, 6.45) is 0. The van der Waals surface area contributed by atoms with Gasteiger partial charge in [-0.05, 0) is 43.3 Å². The fourth-order valence-electron chi connectivity index (χ4n) is 2.83. The fourth-order valence-corrected chi connectivity index (χ4v) is 2.83. The van der Waals surface area contributed by atoms with Gasteiger partial charge in [0.15, 0.2) is 0 Å². The number of anilines is 2. The van der Waals surface area contributed by atoms with Gasteiger partial charge in [0.2, 0.25) is 5.95 Å². The van der Waals surface area contributed by atoms with E-state index < -0.39 is 0 Å². The Labute approximate surface area is 133 Å². The van der Waals surface area contributed by atoms with Crippen LogP contribution in [-0.4, -0.2) is 19.6 Å². The molecule has 0 aliphatic heterocycles. The van der Waals surface area contributed by atoms with E-state index in [-0.39, 0.29) is 5.75 Å². The van der Waals surface area contributed by atoms with E-state index >= 15 is 0 Å². The van der Waals surface area contributed by atoms with Gasteiger partial charge in [-0.25, -0.2) is 4.98 Å². The van der Waals surface area contributed by atoms with Crippen molar-refractivity contribution in [2.24, 2.45) is 7.05 Å². The highest BCUT2D eigenvalue weighted by atomic mass is 16.3. The number of aryl methyl sites for hydroxylation is 2. The van der Waals surface area contributed by atoms with E-state index in [0.717, 1.165) is 39.3 Å². The van der Waals surface area contributed by atoms with Gasteiger partial charge in [-0.3, -0.25) is 4.98 Å². The van der Waals surface area contributed by atoms with Crippen molar-refractivity contribution in [3.8, 4) is 5.75 Å². The number of pyridine rings is 1. The average Bonchev–Trinajstić information content (AvgIpc) is 2.85. The smallest absolute Gasteiger partial charge is 0.208 e. The Morgan fingerprint density at radius 2 is 1.83 bits per heavy atom. The largest absolute Gasteiger partial charge is 0.508 e. The van der Waals surface area contributed by atoms with Crippen molar-refractivity contribution in [2.45, 2.75) is 6.92 Å². The molecule has 2 aromatic heterocycles. The number of hydrogen-bond donors (Lipinski definition) is 2. The van der Waals surface area contributed by atoms with Gasteiger partial charge in [-0.2, -0.15) is 0 Å². The highest BCUT2D eigenvalue weighted by Crippen LogP contribution is 2.29. The number of benzene rings is 2. The molecule has 2 aromatic carbocycles. The lowest BCUT2D eigenvalue weighted by atomic mass is 10.1. The fraction of sp³-hybridized carbons (Fsp3) is 0.111. The molecule has 0 aliphatic carbocycles. The Bertz CT molecular complexity index is 1040. The number of aromatic nitrogens is 3. The highest BCUT2D eigenvalue weighted by molar-refractivity contribution is 5.94. The van der Waals surface area contributed by atoms with E-state index in [1.807, 2.05) is 54.9 Å². The summed E-state index contributed by atoms with van der Waals surface area (Å²) in [5.41, 5.74) is 4.62. The summed E-state index contributed by atoms with van der Waals surface area (Å²) < 4.78 is 2.01. The molecule has 114 valence electrons. The second-order valence-corrected chi connectivity index (χ2v) is 5.62. The van der Waals surface area contributed by atoms with Gasteiger partial charge in [-0.1, -0.05) is 12.1 Å². The van der Waals surface area contributed by atoms with E-state index in [0.29, 0.717) is 0 Å². The molecule has 0 spiro atoms. The van der Waals surface area contributed by atoms with Crippen LogP contribution in [0, 0.1) is 6.92 Å². The summed E-state index contributed by atoms with van der Waals surface area (Å²) in [6.45, 7) is 1.95. The van der Waals surface area contributed by atoms with E-state index in [1.165, 1.54) is 0 Å². The summed E-state index contributed by atoms with van der Waals surface area (Å²) in [4.78, 5) is 9.14. The van der Waals surface area contributed by atoms with Crippen LogP contribution in [0.4, 0.5) is 11.6 Å². The van der Waals surface area contributed by atoms with Crippen molar-refractivity contribution >= 4 is 33.6 Å². The molecule has 0 saturated carbocycles. The Balaban J connectivity index is 1.88. The summed E-state index contributed by atoms with van der Waals surface area (Å²) in [5, 5.41) is 14.0. The molecule has 0 fully saturated rings. The van der Waals surface area contributed by atoms with Gasteiger partial charge in [0.05, 0.1) is 22.2 Å². The minimum atomic E-state index is 0.219. The first kappa shape index (κ1) is 13.6. The molecular formula is C18H16N4O. The van der Waals surface area contributed by atoms with Crippen molar-refractivity contribution in [1.29, 1.82) is 0 Å². The van der Waals surface area contributed by atoms with Crippen LogP contribution in [0.3, 0.4) is 0 Å². The molecule has 0 amide bonds. The maximum Gasteiger partial charge on any atom is 0.208 e. The molecule has 0 atom stereocenters. The molecule has 5 heteroatoms. The van der Waals surface area contributed by atoms with Crippen LogP contribution in [0.2, 0.25) is 0 Å². The molecule has 4 aromatic rings. The number of phenols is 1. The number of para-hydroxylation sites is 2. The third kappa shape index (κ3) is 2.26. The number of phenolic OH excluding ortho intramolecular Hbond substituents is 1. The van der Waals surface area contributed by atoms with Gasteiger partial charge in [0, 0.05) is 18.1 Å². The summed E-state index contributed by atoms with van der Waals surface area (Å²) in [6, 6.07) is 15.1. The summed E-state index contributed by atoms with van der Waals surface area (Å²) in [5.74, 6) is 0.970. The van der Waals surface area contributed by atoms with E-state index in [9.17, 15) is 5.11 Å². The molecule has 4 rings (SSSR count). The quantitative estimate of drug-likeness (QED) is 0.590. The van der Waals surface area contributed by atoms with E-state index in [2.05, 4.69) is 15.3 Å². The monoisotopic (exact) mass is 304 g/mol. The minimum absolute atomic E-state index is 0.219. The Morgan fingerprint density at radius 1 is 1.00 bits per heavy atom. The molecule has 5 nitrogen and oxygen atoms in total. The van der Waals surface area contributed by atoms with Gasteiger partial charge in [-0.15, -0.1) is 0 Å². The number of nitrogens with one attached hydrogen (secondary N) is 1. The van der Waals surface area contributed by atoms with Crippen LogP contribution < -0.4 is 5.32 Å². The van der Waals surface area contributed by atoms with Crippen molar-refractivity contribution in [3.05, 3.63) is 54.2 Å². The lowest BCUT2D eigenvalue weighted by Crippen LogP contribution is -2.00. The SMILES string of the molecule is Cc1cc(Nc2nc3ccccc3n2C)c2cc(O)ccc2n1. The summed E-state index contributed by atoms with van der Waals surface area (Å²) >= 11 is 0.